The number of alkyl halides is 3. The molecule has 0 aromatic carbocycles. The summed E-state index contributed by atoms with van der Waals surface area (Å²) in [5.74, 6) is 0.0464. The maximum atomic E-state index is 12.5. The van der Waals surface area contributed by atoms with Gasteiger partial charge in [0.2, 0.25) is 0 Å². The summed E-state index contributed by atoms with van der Waals surface area (Å²) in [5, 5.41) is 11.4. The number of nitrogens with zero attached hydrogens (tertiary/aromatic N) is 1. The molecule has 0 saturated carbocycles. The van der Waals surface area contributed by atoms with Crippen LogP contribution in [0, 0.1) is 0 Å². The van der Waals surface area contributed by atoms with E-state index < -0.39 is 11.7 Å². The van der Waals surface area contributed by atoms with E-state index in [0.29, 0.717) is 19.2 Å². The van der Waals surface area contributed by atoms with Crippen LogP contribution < -0.4 is 11.1 Å². The van der Waals surface area contributed by atoms with Gasteiger partial charge in [0.15, 0.2) is 0 Å². The summed E-state index contributed by atoms with van der Waals surface area (Å²) in [6, 6.07) is 0.953. The van der Waals surface area contributed by atoms with Crippen LogP contribution in [0.15, 0.2) is 12.3 Å². The number of aliphatic hydroxyl groups excluding tert-OH is 1. The number of nitrogens with one attached hydrogen (secondary N) is 1. The van der Waals surface area contributed by atoms with Crippen molar-refractivity contribution in [2.24, 2.45) is 0 Å². The van der Waals surface area contributed by atoms with Crippen molar-refractivity contribution in [2.75, 3.05) is 24.2 Å². The molecule has 0 aliphatic carbocycles. The van der Waals surface area contributed by atoms with Gasteiger partial charge in [-0.2, -0.15) is 13.2 Å². The van der Waals surface area contributed by atoms with Gasteiger partial charge in [-0.15, -0.1) is 0 Å². The summed E-state index contributed by atoms with van der Waals surface area (Å²) in [6.07, 6.45) is -1.48. The summed E-state index contributed by atoms with van der Waals surface area (Å²) >= 11 is 0. The second-order valence-corrected chi connectivity index (χ2v) is 3.87. The second-order valence-electron chi connectivity index (χ2n) is 3.87. The molecular weight excluding hydrogens is 247 g/mol. The van der Waals surface area contributed by atoms with Crippen molar-refractivity contribution >= 4 is 11.5 Å². The van der Waals surface area contributed by atoms with Gasteiger partial charge in [0.05, 0.1) is 11.3 Å². The molecule has 0 unspecified atom stereocenters. The van der Waals surface area contributed by atoms with Crippen molar-refractivity contribution in [1.82, 2.24) is 4.98 Å². The Kier molecular flexibility index (Phi) is 5.21. The molecular formula is C11H16F3N3O. The van der Waals surface area contributed by atoms with E-state index in [9.17, 15) is 13.2 Å². The molecule has 102 valence electrons. The molecule has 0 atom stereocenters. The fourth-order valence-electron chi connectivity index (χ4n) is 1.41. The van der Waals surface area contributed by atoms with Crippen molar-refractivity contribution in [3.8, 4) is 0 Å². The molecule has 0 saturated heterocycles. The lowest BCUT2D eigenvalue weighted by atomic mass is 10.2. The first kappa shape index (κ1) is 14.6. The lowest BCUT2D eigenvalue weighted by molar-refractivity contribution is -0.137. The summed E-state index contributed by atoms with van der Waals surface area (Å²) in [4.78, 5) is 3.52. The third-order valence-corrected chi connectivity index (χ3v) is 2.40. The van der Waals surface area contributed by atoms with E-state index >= 15 is 0 Å². The van der Waals surface area contributed by atoms with Gasteiger partial charge in [0.25, 0.3) is 0 Å². The Morgan fingerprint density at radius 3 is 2.61 bits per heavy atom. The maximum absolute atomic E-state index is 12.5. The number of hydrogen-bond donors (Lipinski definition) is 3. The predicted molar refractivity (Wildman–Crippen MR) is 63.1 cm³/mol. The van der Waals surface area contributed by atoms with E-state index in [2.05, 4.69) is 10.3 Å². The zero-order valence-electron chi connectivity index (χ0n) is 9.80. The van der Waals surface area contributed by atoms with E-state index in [4.69, 9.17) is 10.8 Å². The number of aliphatic hydroxyl groups is 1. The average Bonchev–Trinajstić information content (AvgIpc) is 2.29. The number of nitrogens with two attached hydrogens (primary N) is 1. The van der Waals surface area contributed by atoms with Crippen LogP contribution in [0.5, 0.6) is 0 Å². The molecule has 1 heterocycles. The molecule has 0 aliphatic rings. The molecule has 7 heteroatoms. The van der Waals surface area contributed by atoms with Crippen LogP contribution in [0.25, 0.3) is 0 Å². The summed E-state index contributed by atoms with van der Waals surface area (Å²) < 4.78 is 37.4. The lowest BCUT2D eigenvalue weighted by Gasteiger charge is -2.12. The van der Waals surface area contributed by atoms with Crippen molar-refractivity contribution in [2.45, 2.75) is 25.4 Å². The highest BCUT2D eigenvalue weighted by Crippen LogP contribution is 2.31. The smallest absolute Gasteiger partial charge is 0.396 e. The Bertz CT molecular complexity index is 382. The molecule has 0 amide bonds. The normalized spacial score (nSPS) is 11.6. The fourth-order valence-corrected chi connectivity index (χ4v) is 1.41. The molecule has 0 aliphatic heterocycles. The van der Waals surface area contributed by atoms with Crippen LogP contribution in [-0.2, 0) is 6.18 Å². The second kappa shape index (κ2) is 6.44. The van der Waals surface area contributed by atoms with E-state index in [1.165, 1.54) is 0 Å². The lowest BCUT2D eigenvalue weighted by Crippen LogP contribution is -2.10. The highest BCUT2D eigenvalue weighted by molar-refractivity contribution is 5.62. The summed E-state index contributed by atoms with van der Waals surface area (Å²) in [7, 11) is 0. The Morgan fingerprint density at radius 2 is 2.00 bits per heavy atom. The minimum absolute atomic E-state index is 0.0464. The minimum atomic E-state index is -4.42. The highest BCUT2D eigenvalue weighted by atomic mass is 19.4. The number of aromatic nitrogens is 1. The first-order valence-corrected chi connectivity index (χ1v) is 5.62. The molecule has 18 heavy (non-hydrogen) atoms. The number of hydrogen-bond acceptors (Lipinski definition) is 4. The summed E-state index contributed by atoms with van der Waals surface area (Å²) in [6.45, 7) is 0.612. The van der Waals surface area contributed by atoms with Gasteiger partial charge in [0.1, 0.15) is 5.82 Å². The predicted octanol–water partition coefficient (Wildman–Crippen LogP) is 2.26. The van der Waals surface area contributed by atoms with Gasteiger partial charge in [-0.25, -0.2) is 4.98 Å². The summed E-state index contributed by atoms with van der Waals surface area (Å²) in [5.41, 5.74) is 4.86. The van der Waals surface area contributed by atoms with Crippen molar-refractivity contribution < 1.29 is 18.3 Å². The number of rotatable bonds is 6. The van der Waals surface area contributed by atoms with Gasteiger partial charge < -0.3 is 16.2 Å². The zero-order chi connectivity index (χ0) is 13.6. The largest absolute Gasteiger partial charge is 0.417 e. The molecule has 0 spiro atoms. The van der Waals surface area contributed by atoms with Gasteiger partial charge >= 0.3 is 6.18 Å². The van der Waals surface area contributed by atoms with Crippen molar-refractivity contribution in [3.05, 3.63) is 17.8 Å². The van der Waals surface area contributed by atoms with Crippen LogP contribution in [0.4, 0.5) is 24.7 Å². The fraction of sp³-hybridized carbons (Fsp3) is 0.545. The van der Waals surface area contributed by atoms with E-state index in [-0.39, 0.29) is 18.1 Å². The van der Waals surface area contributed by atoms with Crippen LogP contribution in [0.2, 0.25) is 0 Å². The molecule has 4 nitrogen and oxygen atoms in total. The third kappa shape index (κ3) is 4.40. The monoisotopic (exact) mass is 263 g/mol. The number of pyridine rings is 1. The van der Waals surface area contributed by atoms with Crippen molar-refractivity contribution in [1.29, 1.82) is 0 Å². The Labute approximate surface area is 103 Å². The first-order valence-electron chi connectivity index (χ1n) is 5.62. The highest BCUT2D eigenvalue weighted by Gasteiger charge is 2.31. The van der Waals surface area contributed by atoms with Gasteiger partial charge in [-0.3, -0.25) is 0 Å². The first-order chi connectivity index (χ1) is 8.45. The molecule has 0 bridgehead atoms. The third-order valence-electron chi connectivity index (χ3n) is 2.40. The molecule has 1 aromatic heterocycles. The zero-order valence-corrected chi connectivity index (χ0v) is 9.80. The Hall–Kier alpha value is -1.50. The van der Waals surface area contributed by atoms with Crippen LogP contribution in [0.3, 0.4) is 0 Å². The van der Waals surface area contributed by atoms with Crippen molar-refractivity contribution in [3.63, 3.8) is 0 Å². The van der Waals surface area contributed by atoms with Crippen LogP contribution in [0.1, 0.15) is 24.8 Å². The Morgan fingerprint density at radius 1 is 1.28 bits per heavy atom. The topological polar surface area (TPSA) is 71.2 Å². The number of anilines is 2. The van der Waals surface area contributed by atoms with Crippen LogP contribution in [-0.4, -0.2) is 23.2 Å². The van der Waals surface area contributed by atoms with E-state index in [0.717, 1.165) is 18.9 Å². The quantitative estimate of drug-likeness (QED) is 0.688. The SMILES string of the molecule is Nc1ncc(C(F)(F)F)cc1NCCCCCO. The molecule has 0 radical (unpaired) electrons. The number of halogens is 3. The molecule has 1 rings (SSSR count). The van der Waals surface area contributed by atoms with Gasteiger partial charge in [-0.1, -0.05) is 0 Å². The number of nitrogen functional groups attached to an aromatic ring is 1. The maximum Gasteiger partial charge on any atom is 0.417 e. The average molecular weight is 263 g/mol. The standard InChI is InChI=1S/C11H16F3N3O/c12-11(13,14)8-6-9(10(15)17-7-8)16-4-2-1-3-5-18/h6-7,16,18H,1-5H2,(H2,15,17). The van der Waals surface area contributed by atoms with E-state index in [1.54, 1.807) is 0 Å². The Balaban J connectivity index is 2.59. The van der Waals surface area contributed by atoms with Gasteiger partial charge in [-0.05, 0) is 25.3 Å². The molecule has 0 fully saturated rings. The van der Waals surface area contributed by atoms with Gasteiger partial charge in [0, 0.05) is 19.3 Å². The molecule has 4 N–H and O–H groups in total. The molecule has 1 aromatic rings. The number of unbranched alkanes of at least 4 members (excludes halogenated alkanes) is 2. The van der Waals surface area contributed by atoms with Crippen LogP contribution >= 0.6 is 0 Å². The van der Waals surface area contributed by atoms with E-state index in [1.807, 2.05) is 0 Å². The minimum Gasteiger partial charge on any atom is -0.396 e.